The van der Waals surface area contributed by atoms with Crippen molar-refractivity contribution in [2.75, 3.05) is 12.0 Å². The number of hydrogen-bond acceptors (Lipinski definition) is 9. The highest BCUT2D eigenvalue weighted by Gasteiger charge is 2.22. The van der Waals surface area contributed by atoms with Gasteiger partial charge in [-0.1, -0.05) is 54.6 Å². The number of anilines is 1. The molecule has 0 saturated heterocycles. The number of hydrogen-bond donors (Lipinski definition) is 1. The number of nitrogens with one attached hydrogen (secondary N) is 1. The molecule has 10 nitrogen and oxygen atoms in total. The zero-order valence-electron chi connectivity index (χ0n) is 18.6. The molecule has 176 valence electrons. The van der Waals surface area contributed by atoms with Crippen molar-refractivity contribution in [2.24, 2.45) is 5.10 Å². The van der Waals surface area contributed by atoms with Crippen LogP contribution in [0.4, 0.5) is 11.4 Å². The molecule has 11 heteroatoms. The van der Waals surface area contributed by atoms with Crippen LogP contribution in [-0.2, 0) is 9.53 Å². The Morgan fingerprint density at radius 1 is 1.06 bits per heavy atom. The molecule has 0 saturated carbocycles. The molecule has 4 aromatic rings. The number of hydrazone groups is 1. The zero-order valence-corrected chi connectivity index (χ0v) is 19.4. The van der Waals surface area contributed by atoms with Crippen molar-refractivity contribution in [1.29, 1.82) is 0 Å². The van der Waals surface area contributed by atoms with Crippen LogP contribution in [0.15, 0.2) is 95.2 Å². The lowest BCUT2D eigenvalue weighted by Gasteiger charge is -2.11. The molecule has 0 spiro atoms. The second kappa shape index (κ2) is 11.1. The fraction of sp³-hybridized carbons (Fsp3) is 0.0833. The van der Waals surface area contributed by atoms with E-state index in [-0.39, 0.29) is 17.3 Å². The van der Waals surface area contributed by atoms with E-state index in [1.807, 2.05) is 65.2 Å². The van der Waals surface area contributed by atoms with E-state index in [1.165, 1.54) is 18.2 Å². The van der Waals surface area contributed by atoms with Gasteiger partial charge in [0.05, 0.1) is 17.2 Å². The van der Waals surface area contributed by atoms with Crippen molar-refractivity contribution in [3.05, 3.63) is 95.0 Å². The van der Waals surface area contributed by atoms with E-state index in [1.54, 1.807) is 13.0 Å². The van der Waals surface area contributed by atoms with E-state index in [2.05, 4.69) is 20.7 Å². The maximum atomic E-state index is 12.7. The Hall–Kier alpha value is -4.51. The number of non-ortho nitro benzene ring substituents is 1. The average Bonchev–Trinajstić information content (AvgIpc) is 3.31. The van der Waals surface area contributed by atoms with Crippen molar-refractivity contribution in [1.82, 2.24) is 14.8 Å². The summed E-state index contributed by atoms with van der Waals surface area (Å²) in [7, 11) is 0. The maximum Gasteiger partial charge on any atom is 0.365 e. The van der Waals surface area contributed by atoms with Crippen molar-refractivity contribution in [2.45, 2.75) is 12.1 Å². The number of thioether (sulfide) groups is 1. The van der Waals surface area contributed by atoms with Crippen LogP contribution in [0.5, 0.6) is 0 Å². The summed E-state index contributed by atoms with van der Waals surface area (Å²) < 4.78 is 6.99. The summed E-state index contributed by atoms with van der Waals surface area (Å²) in [6.45, 7) is 1.84. The molecule has 1 aromatic heterocycles. The summed E-state index contributed by atoms with van der Waals surface area (Å²) in [5, 5.41) is 24.3. The minimum atomic E-state index is -0.667. The first-order chi connectivity index (χ1) is 17.1. The van der Waals surface area contributed by atoms with Gasteiger partial charge in [0, 0.05) is 23.4 Å². The van der Waals surface area contributed by atoms with Gasteiger partial charge < -0.3 is 4.74 Å². The SMILES string of the molecule is CCOC(=O)/C(=N/Nc1cccc([N+](=O)[O-])c1)Sc1nnc(-c2ccccc2)n1-c1ccccc1. The molecule has 0 bridgehead atoms. The Kier molecular flexibility index (Phi) is 7.48. The lowest BCUT2D eigenvalue weighted by Crippen LogP contribution is -2.17. The minimum absolute atomic E-state index is 0.0393. The number of carbonyl (C=O) groups excluding carboxylic acids is 1. The van der Waals surface area contributed by atoms with Gasteiger partial charge in [0.2, 0.25) is 10.2 Å². The number of rotatable bonds is 7. The van der Waals surface area contributed by atoms with Gasteiger partial charge in [0.1, 0.15) is 0 Å². The third-order valence-electron chi connectivity index (χ3n) is 4.66. The molecule has 0 aliphatic heterocycles. The van der Waals surface area contributed by atoms with Crippen LogP contribution in [0.2, 0.25) is 0 Å². The van der Waals surface area contributed by atoms with E-state index in [0.29, 0.717) is 16.7 Å². The fourth-order valence-electron chi connectivity index (χ4n) is 3.11. The number of nitro groups is 1. The number of nitro benzene ring substituents is 1. The normalized spacial score (nSPS) is 11.2. The molecule has 4 rings (SSSR count). The Balaban J connectivity index is 1.72. The first kappa shape index (κ1) is 23.6. The lowest BCUT2D eigenvalue weighted by molar-refractivity contribution is -0.384. The van der Waals surface area contributed by atoms with Gasteiger partial charge in [-0.25, -0.2) is 4.79 Å². The number of carbonyl (C=O) groups is 1. The van der Waals surface area contributed by atoms with Gasteiger partial charge in [0.25, 0.3) is 5.69 Å². The lowest BCUT2D eigenvalue weighted by atomic mass is 10.2. The summed E-state index contributed by atoms with van der Waals surface area (Å²) >= 11 is 0.972. The van der Waals surface area contributed by atoms with Gasteiger partial charge in [-0.15, -0.1) is 10.2 Å². The van der Waals surface area contributed by atoms with Crippen molar-refractivity contribution < 1.29 is 14.5 Å². The average molecular weight is 489 g/mol. The molecule has 1 N–H and O–H groups in total. The number of esters is 1. The molecule has 0 unspecified atom stereocenters. The highest BCUT2D eigenvalue weighted by Crippen LogP contribution is 2.29. The summed E-state index contributed by atoms with van der Waals surface area (Å²) in [5.41, 5.74) is 4.59. The Morgan fingerprint density at radius 3 is 2.46 bits per heavy atom. The smallest absolute Gasteiger partial charge is 0.365 e. The van der Waals surface area contributed by atoms with Crippen LogP contribution in [0, 0.1) is 10.1 Å². The fourth-order valence-corrected chi connectivity index (χ4v) is 3.89. The summed E-state index contributed by atoms with van der Waals surface area (Å²) in [6.07, 6.45) is 0. The number of nitrogens with zero attached hydrogens (tertiary/aromatic N) is 5. The van der Waals surface area contributed by atoms with Crippen molar-refractivity contribution in [3.63, 3.8) is 0 Å². The second-order valence-corrected chi connectivity index (χ2v) is 7.96. The highest BCUT2D eigenvalue weighted by atomic mass is 32.2. The van der Waals surface area contributed by atoms with E-state index in [4.69, 9.17) is 4.74 Å². The molecule has 0 radical (unpaired) electrons. The van der Waals surface area contributed by atoms with Crippen LogP contribution in [0.3, 0.4) is 0 Å². The molecule has 0 fully saturated rings. The van der Waals surface area contributed by atoms with Gasteiger partial charge >= 0.3 is 5.97 Å². The van der Waals surface area contributed by atoms with Crippen LogP contribution in [0.25, 0.3) is 17.1 Å². The topological polar surface area (TPSA) is 125 Å². The zero-order chi connectivity index (χ0) is 24.6. The van der Waals surface area contributed by atoms with Crippen LogP contribution in [-0.4, -0.2) is 37.3 Å². The number of para-hydroxylation sites is 1. The monoisotopic (exact) mass is 488 g/mol. The van der Waals surface area contributed by atoms with Crippen LogP contribution >= 0.6 is 11.8 Å². The number of ether oxygens (including phenoxy) is 1. The molecule has 0 atom stereocenters. The molecule has 0 aliphatic carbocycles. The van der Waals surface area contributed by atoms with Crippen LogP contribution in [0.1, 0.15) is 6.92 Å². The summed E-state index contributed by atoms with van der Waals surface area (Å²) in [4.78, 5) is 23.2. The molecular formula is C24H20N6O4S. The summed E-state index contributed by atoms with van der Waals surface area (Å²) in [6, 6.07) is 24.8. The number of aromatic nitrogens is 3. The highest BCUT2D eigenvalue weighted by molar-refractivity contribution is 8.15. The van der Waals surface area contributed by atoms with E-state index in [9.17, 15) is 14.9 Å². The molecule has 0 amide bonds. The Morgan fingerprint density at radius 2 is 1.77 bits per heavy atom. The molecule has 35 heavy (non-hydrogen) atoms. The van der Waals surface area contributed by atoms with Crippen molar-refractivity contribution in [3.8, 4) is 17.1 Å². The van der Waals surface area contributed by atoms with E-state index < -0.39 is 10.9 Å². The molecule has 1 heterocycles. The molecule has 0 aliphatic rings. The predicted molar refractivity (Wildman–Crippen MR) is 133 cm³/mol. The van der Waals surface area contributed by atoms with Crippen molar-refractivity contribution >= 4 is 34.1 Å². The van der Waals surface area contributed by atoms with E-state index in [0.717, 1.165) is 23.0 Å². The standard InChI is InChI=1S/C24H20N6O4S/c1-2-34-23(31)22(27-25-18-12-9-15-20(16-18)30(32)33)35-24-28-26-21(17-10-5-3-6-11-17)29(24)19-13-7-4-8-14-19/h3-16,25H,2H2,1H3/b27-22-. The third kappa shape index (κ3) is 5.71. The second-order valence-electron chi connectivity index (χ2n) is 7.00. The van der Waals surface area contributed by atoms with Gasteiger partial charge in [-0.2, -0.15) is 5.10 Å². The quantitative estimate of drug-likeness (QED) is 0.0970. The van der Waals surface area contributed by atoms with Gasteiger partial charge in [-0.05, 0) is 36.9 Å². The predicted octanol–water partition coefficient (Wildman–Crippen LogP) is 4.92. The van der Waals surface area contributed by atoms with E-state index >= 15 is 0 Å². The first-order valence-corrected chi connectivity index (χ1v) is 11.4. The summed E-state index contributed by atoms with van der Waals surface area (Å²) in [5.74, 6) is -0.0755. The van der Waals surface area contributed by atoms with Gasteiger partial charge in [-0.3, -0.25) is 20.1 Å². The maximum absolute atomic E-state index is 12.7. The molecular weight excluding hydrogens is 468 g/mol. The number of benzene rings is 3. The minimum Gasteiger partial charge on any atom is -0.461 e. The van der Waals surface area contributed by atoms with Gasteiger partial charge in [0.15, 0.2) is 5.82 Å². The Bertz CT molecular complexity index is 1360. The molecule has 3 aromatic carbocycles. The Labute approximate surface area is 204 Å². The largest absolute Gasteiger partial charge is 0.461 e. The first-order valence-electron chi connectivity index (χ1n) is 10.6. The van der Waals surface area contributed by atoms with Crippen LogP contribution < -0.4 is 5.43 Å². The third-order valence-corrected chi connectivity index (χ3v) is 5.56.